The predicted octanol–water partition coefficient (Wildman–Crippen LogP) is 2.38. The number of ether oxygens (including phenoxy) is 1. The molecule has 0 unspecified atom stereocenters. The van der Waals surface area contributed by atoms with Crippen molar-refractivity contribution >= 4 is 0 Å². The molecule has 17 heavy (non-hydrogen) atoms. The Kier molecular flexibility index (Phi) is 4.51. The third-order valence-electron chi connectivity index (χ3n) is 3.35. The third kappa shape index (κ3) is 3.51. The van der Waals surface area contributed by atoms with E-state index in [2.05, 4.69) is 12.2 Å². The molecule has 1 N–H and O–H groups in total. The van der Waals surface area contributed by atoms with Gasteiger partial charge < -0.3 is 10.1 Å². The quantitative estimate of drug-likeness (QED) is 0.868. The lowest BCUT2D eigenvalue weighted by atomic mass is 9.89. The number of benzene rings is 1. The molecule has 1 aromatic carbocycles. The Hall–Kier alpha value is -0.930. The molecular formula is C14H20FNO. The van der Waals surface area contributed by atoms with Crippen LogP contribution >= 0.6 is 0 Å². The fourth-order valence-corrected chi connectivity index (χ4v) is 2.45. The first-order valence-electron chi connectivity index (χ1n) is 6.35. The van der Waals surface area contributed by atoms with Crippen LogP contribution in [0.2, 0.25) is 0 Å². The summed E-state index contributed by atoms with van der Waals surface area (Å²) in [7, 11) is 0. The number of halogens is 1. The van der Waals surface area contributed by atoms with E-state index < -0.39 is 0 Å². The number of nitrogens with one attached hydrogen (secondary N) is 1. The lowest BCUT2D eigenvalue weighted by Gasteiger charge is -2.32. The smallest absolute Gasteiger partial charge is 0.123 e. The van der Waals surface area contributed by atoms with Gasteiger partial charge in [-0.15, -0.1) is 0 Å². The van der Waals surface area contributed by atoms with Crippen LogP contribution in [0.5, 0.6) is 0 Å². The maximum Gasteiger partial charge on any atom is 0.123 e. The summed E-state index contributed by atoms with van der Waals surface area (Å²) in [5, 5.41) is 3.51. The highest BCUT2D eigenvalue weighted by atomic mass is 19.1. The minimum Gasteiger partial charge on any atom is -0.381 e. The molecule has 1 heterocycles. The summed E-state index contributed by atoms with van der Waals surface area (Å²) in [5.41, 5.74) is 1.19. The second kappa shape index (κ2) is 6.12. The lowest BCUT2D eigenvalue weighted by molar-refractivity contribution is 0.0327. The lowest BCUT2D eigenvalue weighted by Crippen LogP contribution is -2.43. The zero-order chi connectivity index (χ0) is 12.1. The second-order valence-corrected chi connectivity index (χ2v) is 4.62. The summed E-state index contributed by atoms with van der Waals surface area (Å²) in [6.45, 7) is 4.77. The Bertz CT molecular complexity index is 337. The summed E-state index contributed by atoms with van der Waals surface area (Å²) in [4.78, 5) is 0. The molecule has 0 spiro atoms. The van der Waals surface area contributed by atoms with Crippen molar-refractivity contribution in [2.24, 2.45) is 5.92 Å². The van der Waals surface area contributed by atoms with Crippen molar-refractivity contribution < 1.29 is 9.13 Å². The van der Waals surface area contributed by atoms with Crippen LogP contribution in [0.1, 0.15) is 18.9 Å². The largest absolute Gasteiger partial charge is 0.381 e. The molecule has 1 fully saturated rings. The molecule has 94 valence electrons. The highest BCUT2D eigenvalue weighted by molar-refractivity contribution is 5.17. The molecule has 0 saturated carbocycles. The van der Waals surface area contributed by atoms with E-state index >= 15 is 0 Å². The molecular weight excluding hydrogens is 217 g/mol. The SMILES string of the molecule is CCN[C@H]1CCOC[C@H]1Cc1ccc(F)cc1. The van der Waals surface area contributed by atoms with E-state index in [1.54, 1.807) is 0 Å². The van der Waals surface area contributed by atoms with Gasteiger partial charge in [0.05, 0.1) is 6.61 Å². The molecule has 2 rings (SSSR count). The van der Waals surface area contributed by atoms with Crippen LogP contribution in [0, 0.1) is 11.7 Å². The van der Waals surface area contributed by atoms with Crippen LogP contribution in [-0.4, -0.2) is 25.8 Å². The number of hydrogen-bond acceptors (Lipinski definition) is 2. The van der Waals surface area contributed by atoms with E-state index in [0.717, 1.165) is 32.6 Å². The average molecular weight is 237 g/mol. The van der Waals surface area contributed by atoms with Crippen molar-refractivity contribution in [2.45, 2.75) is 25.8 Å². The van der Waals surface area contributed by atoms with Crippen LogP contribution in [0.25, 0.3) is 0 Å². The maximum atomic E-state index is 12.8. The van der Waals surface area contributed by atoms with E-state index in [-0.39, 0.29) is 5.82 Å². The van der Waals surface area contributed by atoms with Gasteiger partial charge >= 0.3 is 0 Å². The first-order valence-corrected chi connectivity index (χ1v) is 6.35. The monoisotopic (exact) mass is 237 g/mol. The van der Waals surface area contributed by atoms with Gasteiger partial charge in [-0.2, -0.15) is 0 Å². The van der Waals surface area contributed by atoms with E-state index in [4.69, 9.17) is 4.74 Å². The third-order valence-corrected chi connectivity index (χ3v) is 3.35. The van der Waals surface area contributed by atoms with E-state index in [0.29, 0.717) is 12.0 Å². The van der Waals surface area contributed by atoms with Crippen molar-refractivity contribution in [3.05, 3.63) is 35.6 Å². The van der Waals surface area contributed by atoms with E-state index in [1.165, 1.54) is 17.7 Å². The van der Waals surface area contributed by atoms with Gasteiger partial charge in [-0.3, -0.25) is 0 Å². The standard InChI is InChI=1S/C14H20FNO/c1-2-16-14-7-8-17-10-12(14)9-11-3-5-13(15)6-4-11/h3-6,12,14,16H,2,7-10H2,1H3/t12-,14+/m1/s1. The molecule has 1 aliphatic heterocycles. The molecule has 0 radical (unpaired) electrons. The molecule has 0 aromatic heterocycles. The molecule has 2 atom stereocenters. The van der Waals surface area contributed by atoms with E-state index in [1.807, 2.05) is 12.1 Å². The Balaban J connectivity index is 1.97. The Labute approximate surface area is 102 Å². The number of rotatable bonds is 4. The zero-order valence-electron chi connectivity index (χ0n) is 10.3. The predicted molar refractivity (Wildman–Crippen MR) is 66.5 cm³/mol. The Morgan fingerprint density at radius 2 is 2.12 bits per heavy atom. The molecule has 3 heteroatoms. The van der Waals surface area contributed by atoms with Crippen LogP contribution in [0.3, 0.4) is 0 Å². The number of hydrogen-bond donors (Lipinski definition) is 1. The van der Waals surface area contributed by atoms with Crippen molar-refractivity contribution in [1.29, 1.82) is 0 Å². The van der Waals surface area contributed by atoms with Crippen LogP contribution in [0.15, 0.2) is 24.3 Å². The van der Waals surface area contributed by atoms with Crippen molar-refractivity contribution in [1.82, 2.24) is 5.32 Å². The summed E-state index contributed by atoms with van der Waals surface area (Å²) < 4.78 is 18.4. The minimum absolute atomic E-state index is 0.170. The van der Waals surface area contributed by atoms with Gasteiger partial charge in [0.25, 0.3) is 0 Å². The second-order valence-electron chi connectivity index (χ2n) is 4.62. The fourth-order valence-electron chi connectivity index (χ4n) is 2.45. The van der Waals surface area contributed by atoms with Crippen molar-refractivity contribution in [3.8, 4) is 0 Å². The van der Waals surface area contributed by atoms with Gasteiger partial charge in [0.15, 0.2) is 0 Å². The van der Waals surface area contributed by atoms with Crippen LogP contribution in [0.4, 0.5) is 4.39 Å². The topological polar surface area (TPSA) is 21.3 Å². The van der Waals surface area contributed by atoms with Gasteiger partial charge in [0.2, 0.25) is 0 Å². The molecule has 1 saturated heterocycles. The van der Waals surface area contributed by atoms with Crippen molar-refractivity contribution in [2.75, 3.05) is 19.8 Å². The highest BCUT2D eigenvalue weighted by Gasteiger charge is 2.24. The first kappa shape index (κ1) is 12.5. The molecule has 0 amide bonds. The Morgan fingerprint density at radius 3 is 2.82 bits per heavy atom. The summed E-state index contributed by atoms with van der Waals surface area (Å²) in [5.74, 6) is 0.325. The molecule has 2 nitrogen and oxygen atoms in total. The van der Waals surface area contributed by atoms with Gasteiger partial charge in [-0.1, -0.05) is 19.1 Å². The molecule has 1 aliphatic rings. The van der Waals surface area contributed by atoms with Crippen LogP contribution < -0.4 is 5.32 Å². The summed E-state index contributed by atoms with van der Waals surface area (Å²) >= 11 is 0. The fraction of sp³-hybridized carbons (Fsp3) is 0.571. The van der Waals surface area contributed by atoms with Crippen LogP contribution in [-0.2, 0) is 11.2 Å². The molecule has 0 bridgehead atoms. The highest BCUT2D eigenvalue weighted by Crippen LogP contribution is 2.20. The maximum absolute atomic E-state index is 12.8. The molecule has 0 aliphatic carbocycles. The summed E-state index contributed by atoms with van der Waals surface area (Å²) in [6.07, 6.45) is 2.03. The average Bonchev–Trinajstić information content (AvgIpc) is 2.35. The Morgan fingerprint density at radius 1 is 1.35 bits per heavy atom. The van der Waals surface area contributed by atoms with E-state index in [9.17, 15) is 4.39 Å². The van der Waals surface area contributed by atoms with Gasteiger partial charge in [-0.25, -0.2) is 4.39 Å². The normalized spacial score (nSPS) is 24.8. The van der Waals surface area contributed by atoms with Crippen molar-refractivity contribution in [3.63, 3.8) is 0 Å². The van der Waals surface area contributed by atoms with Gasteiger partial charge in [0.1, 0.15) is 5.82 Å². The zero-order valence-corrected chi connectivity index (χ0v) is 10.3. The molecule has 1 aromatic rings. The minimum atomic E-state index is -0.170. The first-order chi connectivity index (χ1) is 8.29. The summed E-state index contributed by atoms with van der Waals surface area (Å²) in [6, 6.07) is 7.32. The van der Waals surface area contributed by atoms with Gasteiger partial charge in [-0.05, 0) is 37.1 Å². The van der Waals surface area contributed by atoms with Gasteiger partial charge in [0, 0.05) is 18.6 Å².